The zero-order valence-corrected chi connectivity index (χ0v) is 17.2. The molecular formula is C19H23N3O5S. The molecule has 0 heterocycles. The highest BCUT2D eigenvalue weighted by atomic mass is 32.2. The smallest absolute Gasteiger partial charge is 0.271 e. The third-order valence-electron chi connectivity index (χ3n) is 4.31. The lowest BCUT2D eigenvalue weighted by Gasteiger charge is -2.28. The van der Waals surface area contributed by atoms with E-state index >= 15 is 0 Å². The van der Waals surface area contributed by atoms with Crippen molar-refractivity contribution >= 4 is 33.0 Å². The molecule has 0 aromatic heterocycles. The van der Waals surface area contributed by atoms with E-state index in [4.69, 9.17) is 0 Å². The highest BCUT2D eigenvalue weighted by molar-refractivity contribution is 7.92. The van der Waals surface area contributed by atoms with Crippen molar-refractivity contribution in [1.29, 1.82) is 0 Å². The Morgan fingerprint density at radius 3 is 2.21 bits per heavy atom. The first kappa shape index (κ1) is 21.4. The van der Waals surface area contributed by atoms with Crippen LogP contribution in [0.25, 0.3) is 0 Å². The maximum atomic E-state index is 12.8. The predicted molar refractivity (Wildman–Crippen MR) is 109 cm³/mol. The summed E-state index contributed by atoms with van der Waals surface area (Å²) in [4.78, 5) is 23.2. The van der Waals surface area contributed by atoms with Gasteiger partial charge in [-0.25, -0.2) is 8.42 Å². The Kier molecular flexibility index (Phi) is 6.08. The van der Waals surface area contributed by atoms with E-state index in [0.717, 1.165) is 33.3 Å². The number of carbonyl (C=O) groups is 1. The maximum absolute atomic E-state index is 12.8. The van der Waals surface area contributed by atoms with Crippen LogP contribution in [0.15, 0.2) is 36.4 Å². The number of carbonyl (C=O) groups excluding carboxylic acids is 1. The fourth-order valence-corrected chi connectivity index (χ4v) is 4.32. The van der Waals surface area contributed by atoms with E-state index in [9.17, 15) is 23.3 Å². The molecule has 0 aliphatic rings. The number of nitro benzene ring substituents is 1. The minimum Gasteiger partial charge on any atom is -0.324 e. The van der Waals surface area contributed by atoms with Gasteiger partial charge in [-0.3, -0.25) is 19.2 Å². The number of anilines is 2. The number of nitro groups is 1. The molecule has 1 atom stereocenters. The van der Waals surface area contributed by atoms with Crippen LogP contribution in [0.4, 0.5) is 17.1 Å². The number of benzene rings is 2. The van der Waals surface area contributed by atoms with E-state index in [1.807, 2.05) is 32.9 Å². The summed E-state index contributed by atoms with van der Waals surface area (Å²) >= 11 is 0. The lowest BCUT2D eigenvalue weighted by atomic mass is 10.0. The highest BCUT2D eigenvalue weighted by Crippen LogP contribution is 2.27. The van der Waals surface area contributed by atoms with Gasteiger partial charge in [-0.15, -0.1) is 0 Å². The number of sulfonamides is 1. The van der Waals surface area contributed by atoms with E-state index in [1.54, 1.807) is 0 Å². The van der Waals surface area contributed by atoms with Gasteiger partial charge in [-0.1, -0.05) is 23.8 Å². The first-order valence-corrected chi connectivity index (χ1v) is 10.4. The van der Waals surface area contributed by atoms with Crippen molar-refractivity contribution < 1.29 is 18.1 Å². The van der Waals surface area contributed by atoms with Gasteiger partial charge in [0.05, 0.1) is 16.9 Å². The Bertz CT molecular complexity index is 1010. The standard InChI is InChI=1S/C19H23N3O5S/c1-12-9-13(2)18(14(3)10-12)20-19(23)15(4)21(28(5,26)27)16-7-6-8-17(11-16)22(24)25/h6-11,15H,1-5H3,(H,20,23)/t15-/m1/s1. The molecule has 0 fully saturated rings. The molecule has 2 rings (SSSR count). The molecular weight excluding hydrogens is 382 g/mol. The summed E-state index contributed by atoms with van der Waals surface area (Å²) in [6, 6.07) is 7.91. The van der Waals surface area contributed by atoms with Crippen LogP contribution in [0.2, 0.25) is 0 Å². The van der Waals surface area contributed by atoms with Crippen molar-refractivity contribution in [3.8, 4) is 0 Å². The summed E-state index contributed by atoms with van der Waals surface area (Å²) in [5, 5.41) is 13.8. The molecule has 0 saturated heterocycles. The minimum atomic E-state index is -3.87. The zero-order valence-electron chi connectivity index (χ0n) is 16.4. The number of hydrogen-bond donors (Lipinski definition) is 1. The molecule has 0 radical (unpaired) electrons. The van der Waals surface area contributed by atoms with Crippen LogP contribution in [0.3, 0.4) is 0 Å². The first-order chi connectivity index (χ1) is 12.9. The zero-order chi connectivity index (χ0) is 21.2. The summed E-state index contributed by atoms with van der Waals surface area (Å²) in [6.45, 7) is 7.10. The first-order valence-electron chi connectivity index (χ1n) is 8.54. The Morgan fingerprint density at radius 1 is 1.14 bits per heavy atom. The van der Waals surface area contributed by atoms with Crippen LogP contribution in [0, 0.1) is 30.9 Å². The summed E-state index contributed by atoms with van der Waals surface area (Å²) in [6.07, 6.45) is 0.956. The van der Waals surface area contributed by atoms with Gasteiger partial charge in [-0.2, -0.15) is 0 Å². The second-order valence-corrected chi connectivity index (χ2v) is 8.63. The van der Waals surface area contributed by atoms with Gasteiger partial charge >= 0.3 is 0 Å². The quantitative estimate of drug-likeness (QED) is 0.586. The molecule has 0 unspecified atom stereocenters. The molecule has 0 spiro atoms. The van der Waals surface area contributed by atoms with E-state index in [0.29, 0.717) is 5.69 Å². The number of amides is 1. The largest absolute Gasteiger partial charge is 0.324 e. The topological polar surface area (TPSA) is 110 Å². The van der Waals surface area contributed by atoms with Crippen molar-refractivity contribution in [1.82, 2.24) is 0 Å². The van der Waals surface area contributed by atoms with E-state index in [2.05, 4.69) is 5.32 Å². The molecule has 8 nitrogen and oxygen atoms in total. The SMILES string of the molecule is Cc1cc(C)c(NC(=O)[C@@H](C)N(c2cccc([N+](=O)[O-])c2)S(C)(=O)=O)c(C)c1. The molecule has 1 N–H and O–H groups in total. The number of non-ortho nitro benzene ring substituents is 1. The maximum Gasteiger partial charge on any atom is 0.271 e. The Hall–Kier alpha value is -2.94. The van der Waals surface area contributed by atoms with Crippen LogP contribution in [-0.2, 0) is 14.8 Å². The molecule has 0 bridgehead atoms. The van der Waals surface area contributed by atoms with Gasteiger partial charge in [0.25, 0.3) is 5.69 Å². The average Bonchev–Trinajstić information content (AvgIpc) is 2.56. The Morgan fingerprint density at radius 2 is 1.71 bits per heavy atom. The monoisotopic (exact) mass is 405 g/mol. The van der Waals surface area contributed by atoms with Gasteiger partial charge in [0, 0.05) is 17.8 Å². The Balaban J connectivity index is 2.42. The summed E-state index contributed by atoms with van der Waals surface area (Å²) in [5.74, 6) is -0.535. The number of nitrogens with zero attached hydrogens (tertiary/aromatic N) is 2. The summed E-state index contributed by atoms with van der Waals surface area (Å²) in [7, 11) is -3.87. The number of rotatable bonds is 6. The molecule has 0 aliphatic carbocycles. The van der Waals surface area contributed by atoms with Crippen molar-refractivity contribution in [3.63, 3.8) is 0 Å². The molecule has 150 valence electrons. The fraction of sp³-hybridized carbons (Fsp3) is 0.316. The minimum absolute atomic E-state index is 0.0525. The highest BCUT2D eigenvalue weighted by Gasteiger charge is 2.30. The van der Waals surface area contributed by atoms with Crippen molar-refractivity contribution in [2.24, 2.45) is 0 Å². The van der Waals surface area contributed by atoms with Gasteiger partial charge in [0.15, 0.2) is 0 Å². The van der Waals surface area contributed by atoms with Crippen LogP contribution >= 0.6 is 0 Å². The normalized spacial score (nSPS) is 12.3. The molecule has 1 amide bonds. The molecule has 0 saturated carbocycles. The third kappa shape index (κ3) is 4.66. The van der Waals surface area contributed by atoms with Crippen molar-refractivity contribution in [2.75, 3.05) is 15.9 Å². The van der Waals surface area contributed by atoms with Crippen LogP contribution in [0.1, 0.15) is 23.6 Å². The second kappa shape index (κ2) is 7.97. The van der Waals surface area contributed by atoms with Gasteiger partial charge < -0.3 is 5.32 Å². The number of nitrogens with one attached hydrogen (secondary N) is 1. The molecule has 28 heavy (non-hydrogen) atoms. The Labute approximate surface area is 164 Å². The lowest BCUT2D eigenvalue weighted by molar-refractivity contribution is -0.384. The van der Waals surface area contributed by atoms with Gasteiger partial charge in [0.1, 0.15) is 6.04 Å². The number of aryl methyl sites for hydroxylation is 3. The molecule has 0 aliphatic heterocycles. The second-order valence-electron chi connectivity index (χ2n) is 6.77. The van der Waals surface area contributed by atoms with E-state index in [1.165, 1.54) is 25.1 Å². The van der Waals surface area contributed by atoms with Gasteiger partial charge in [0.2, 0.25) is 15.9 Å². The molecule has 2 aromatic rings. The lowest BCUT2D eigenvalue weighted by Crippen LogP contribution is -2.45. The average molecular weight is 405 g/mol. The van der Waals surface area contributed by atoms with Crippen LogP contribution in [0.5, 0.6) is 0 Å². The summed E-state index contributed by atoms with van der Waals surface area (Å²) < 4.78 is 25.6. The van der Waals surface area contributed by atoms with E-state index < -0.39 is 26.9 Å². The van der Waals surface area contributed by atoms with Gasteiger partial charge in [-0.05, 0) is 44.9 Å². The van der Waals surface area contributed by atoms with Crippen LogP contribution in [-0.4, -0.2) is 31.5 Å². The van der Waals surface area contributed by atoms with Crippen LogP contribution < -0.4 is 9.62 Å². The van der Waals surface area contributed by atoms with Crippen molar-refractivity contribution in [2.45, 2.75) is 33.7 Å². The summed E-state index contributed by atoms with van der Waals surface area (Å²) in [5.41, 5.74) is 3.18. The molecule has 9 heteroatoms. The fourth-order valence-electron chi connectivity index (χ4n) is 3.16. The predicted octanol–water partition coefficient (Wildman–Crippen LogP) is 3.31. The van der Waals surface area contributed by atoms with Crippen molar-refractivity contribution in [3.05, 3.63) is 63.2 Å². The van der Waals surface area contributed by atoms with E-state index in [-0.39, 0.29) is 11.4 Å². The molecule has 2 aromatic carbocycles. The number of hydrogen-bond acceptors (Lipinski definition) is 5. The third-order valence-corrected chi connectivity index (χ3v) is 5.55.